The minimum atomic E-state index is 0.467. The Bertz CT molecular complexity index is 234. The second-order valence-corrected chi connectivity index (χ2v) is 5.79. The van der Waals surface area contributed by atoms with Crippen molar-refractivity contribution in [2.75, 3.05) is 26.7 Å². The predicted octanol–water partition coefficient (Wildman–Crippen LogP) is 1.87. The zero-order valence-corrected chi connectivity index (χ0v) is 11.6. The lowest BCUT2D eigenvalue weighted by molar-refractivity contribution is 0.0796. The van der Waals surface area contributed by atoms with Crippen molar-refractivity contribution in [1.82, 2.24) is 10.2 Å². The molecule has 0 aromatic rings. The van der Waals surface area contributed by atoms with Gasteiger partial charge in [0.2, 0.25) is 0 Å². The molecule has 4 atom stereocenters. The molecular weight excluding hydrogens is 212 g/mol. The average molecular weight is 240 g/mol. The lowest BCUT2D eigenvalue weighted by atomic mass is 9.82. The van der Waals surface area contributed by atoms with Crippen LogP contribution in [0, 0.1) is 5.92 Å². The minimum absolute atomic E-state index is 0.467. The van der Waals surface area contributed by atoms with Gasteiger partial charge in [0, 0.05) is 32.3 Å². The van der Waals surface area contributed by atoms with E-state index in [0.717, 1.165) is 25.0 Å². The topological polar surface area (TPSA) is 24.5 Å². The summed E-state index contributed by atoms with van der Waals surface area (Å²) < 4.78 is 5.49. The number of likely N-dealkylation sites (tertiary alicyclic amines) is 1. The maximum atomic E-state index is 5.49. The predicted molar refractivity (Wildman–Crippen MR) is 71.3 cm³/mol. The highest BCUT2D eigenvalue weighted by Gasteiger charge is 2.36. The first-order chi connectivity index (χ1) is 8.24. The molecule has 1 aliphatic carbocycles. The molecule has 1 N–H and O–H groups in total. The number of rotatable bonds is 4. The van der Waals surface area contributed by atoms with Gasteiger partial charge in [0.25, 0.3) is 0 Å². The van der Waals surface area contributed by atoms with Gasteiger partial charge >= 0.3 is 0 Å². The van der Waals surface area contributed by atoms with Crippen molar-refractivity contribution in [2.45, 2.75) is 57.7 Å². The monoisotopic (exact) mass is 240 g/mol. The summed E-state index contributed by atoms with van der Waals surface area (Å²) in [5.74, 6) is 0.886. The SMILES string of the molecule is CCNC1CCC(C)CC1N1CCC(OC)C1. The van der Waals surface area contributed by atoms with Crippen LogP contribution in [0.15, 0.2) is 0 Å². The highest BCUT2D eigenvalue weighted by Crippen LogP contribution is 2.30. The molecule has 0 bridgehead atoms. The van der Waals surface area contributed by atoms with E-state index in [1.54, 1.807) is 0 Å². The fourth-order valence-corrected chi connectivity index (χ4v) is 3.50. The molecule has 0 amide bonds. The quantitative estimate of drug-likeness (QED) is 0.812. The Morgan fingerprint density at radius 2 is 2.12 bits per heavy atom. The highest BCUT2D eigenvalue weighted by molar-refractivity contribution is 4.93. The van der Waals surface area contributed by atoms with Crippen molar-refractivity contribution >= 4 is 0 Å². The van der Waals surface area contributed by atoms with Crippen LogP contribution in [0.4, 0.5) is 0 Å². The summed E-state index contributed by atoms with van der Waals surface area (Å²) in [7, 11) is 1.85. The molecule has 0 aromatic heterocycles. The van der Waals surface area contributed by atoms with E-state index in [1.807, 2.05) is 7.11 Å². The molecule has 0 spiro atoms. The van der Waals surface area contributed by atoms with Crippen molar-refractivity contribution in [2.24, 2.45) is 5.92 Å². The Labute approximate surface area is 106 Å². The van der Waals surface area contributed by atoms with Crippen molar-refractivity contribution in [3.8, 4) is 0 Å². The number of methoxy groups -OCH3 is 1. The second kappa shape index (κ2) is 6.17. The van der Waals surface area contributed by atoms with E-state index in [0.29, 0.717) is 12.1 Å². The first-order valence-corrected chi connectivity index (χ1v) is 7.24. The van der Waals surface area contributed by atoms with Crippen molar-refractivity contribution in [3.63, 3.8) is 0 Å². The molecule has 0 aromatic carbocycles. The van der Waals surface area contributed by atoms with Crippen LogP contribution in [0.5, 0.6) is 0 Å². The Morgan fingerprint density at radius 3 is 2.76 bits per heavy atom. The summed E-state index contributed by atoms with van der Waals surface area (Å²) in [6.07, 6.45) is 5.76. The van der Waals surface area contributed by atoms with Crippen molar-refractivity contribution in [1.29, 1.82) is 0 Å². The molecule has 100 valence electrons. The van der Waals surface area contributed by atoms with Crippen LogP contribution in [0.25, 0.3) is 0 Å². The molecule has 2 fully saturated rings. The third kappa shape index (κ3) is 3.21. The Morgan fingerprint density at radius 1 is 1.29 bits per heavy atom. The largest absolute Gasteiger partial charge is 0.380 e. The van der Waals surface area contributed by atoms with Crippen molar-refractivity contribution in [3.05, 3.63) is 0 Å². The van der Waals surface area contributed by atoms with Gasteiger partial charge in [-0.2, -0.15) is 0 Å². The molecule has 1 aliphatic heterocycles. The van der Waals surface area contributed by atoms with Gasteiger partial charge < -0.3 is 10.1 Å². The number of nitrogens with zero attached hydrogens (tertiary/aromatic N) is 1. The first-order valence-electron chi connectivity index (χ1n) is 7.24. The van der Waals surface area contributed by atoms with Gasteiger partial charge in [0.05, 0.1) is 6.10 Å². The average Bonchev–Trinajstić information content (AvgIpc) is 2.80. The van der Waals surface area contributed by atoms with Gasteiger partial charge in [0.1, 0.15) is 0 Å². The smallest absolute Gasteiger partial charge is 0.0710 e. The number of likely N-dealkylation sites (N-methyl/N-ethyl adjacent to an activating group) is 1. The van der Waals surface area contributed by atoms with E-state index in [9.17, 15) is 0 Å². The highest BCUT2D eigenvalue weighted by atomic mass is 16.5. The number of hydrogen-bond acceptors (Lipinski definition) is 3. The summed E-state index contributed by atoms with van der Waals surface area (Å²) in [4.78, 5) is 2.66. The molecular formula is C14H28N2O. The fraction of sp³-hybridized carbons (Fsp3) is 1.00. The summed E-state index contributed by atoms with van der Waals surface area (Å²) in [5, 5.41) is 3.68. The van der Waals surface area contributed by atoms with Gasteiger partial charge in [-0.05, 0) is 38.1 Å². The lowest BCUT2D eigenvalue weighted by Crippen LogP contribution is -2.52. The van der Waals surface area contributed by atoms with Gasteiger partial charge in [-0.15, -0.1) is 0 Å². The van der Waals surface area contributed by atoms with Gasteiger partial charge in [-0.3, -0.25) is 4.90 Å². The van der Waals surface area contributed by atoms with E-state index in [2.05, 4.69) is 24.1 Å². The van der Waals surface area contributed by atoms with Crippen LogP contribution in [-0.2, 0) is 4.74 Å². The zero-order chi connectivity index (χ0) is 12.3. The molecule has 3 nitrogen and oxygen atoms in total. The number of hydrogen-bond donors (Lipinski definition) is 1. The molecule has 2 aliphatic rings. The maximum absolute atomic E-state index is 5.49. The number of ether oxygens (including phenoxy) is 1. The van der Waals surface area contributed by atoms with Crippen molar-refractivity contribution < 1.29 is 4.74 Å². The third-order valence-corrected chi connectivity index (χ3v) is 4.52. The lowest BCUT2D eigenvalue weighted by Gasteiger charge is -2.40. The molecule has 1 saturated heterocycles. The van der Waals surface area contributed by atoms with Gasteiger partial charge in [-0.25, -0.2) is 0 Å². The fourth-order valence-electron chi connectivity index (χ4n) is 3.50. The van der Waals surface area contributed by atoms with Crippen LogP contribution in [0.1, 0.15) is 39.5 Å². The van der Waals surface area contributed by atoms with E-state index >= 15 is 0 Å². The molecule has 3 heteroatoms. The molecule has 4 unspecified atom stereocenters. The van der Waals surface area contributed by atoms with E-state index in [4.69, 9.17) is 4.74 Å². The molecule has 2 rings (SSSR count). The third-order valence-electron chi connectivity index (χ3n) is 4.52. The summed E-state index contributed by atoms with van der Waals surface area (Å²) in [6, 6.07) is 1.44. The molecule has 0 radical (unpaired) electrons. The minimum Gasteiger partial charge on any atom is -0.380 e. The second-order valence-electron chi connectivity index (χ2n) is 5.79. The normalized spacial score (nSPS) is 39.7. The van der Waals surface area contributed by atoms with E-state index in [1.165, 1.54) is 32.2 Å². The van der Waals surface area contributed by atoms with Gasteiger partial charge in [0.15, 0.2) is 0 Å². The Hall–Kier alpha value is -0.120. The number of nitrogens with one attached hydrogen (secondary N) is 1. The Balaban J connectivity index is 1.94. The Kier molecular flexibility index (Phi) is 4.83. The van der Waals surface area contributed by atoms with Gasteiger partial charge in [-0.1, -0.05) is 13.8 Å². The standard InChI is InChI=1S/C14H28N2O/c1-4-15-13-6-5-11(2)9-14(13)16-8-7-12(10-16)17-3/h11-15H,4-10H2,1-3H3. The zero-order valence-electron chi connectivity index (χ0n) is 11.6. The summed E-state index contributed by atoms with van der Waals surface area (Å²) in [6.45, 7) is 8.07. The van der Waals surface area contributed by atoms with Crippen LogP contribution in [-0.4, -0.2) is 49.8 Å². The molecule has 1 heterocycles. The first kappa shape index (κ1) is 13.3. The summed E-state index contributed by atoms with van der Waals surface area (Å²) >= 11 is 0. The van der Waals surface area contributed by atoms with Crippen LogP contribution >= 0.6 is 0 Å². The summed E-state index contributed by atoms with van der Waals surface area (Å²) in [5.41, 5.74) is 0. The maximum Gasteiger partial charge on any atom is 0.0710 e. The molecule has 1 saturated carbocycles. The van der Waals surface area contributed by atoms with Crippen LogP contribution < -0.4 is 5.32 Å². The van der Waals surface area contributed by atoms with Crippen LogP contribution in [0.3, 0.4) is 0 Å². The van der Waals surface area contributed by atoms with E-state index in [-0.39, 0.29) is 0 Å². The van der Waals surface area contributed by atoms with E-state index < -0.39 is 0 Å². The molecule has 17 heavy (non-hydrogen) atoms. The van der Waals surface area contributed by atoms with Crippen LogP contribution in [0.2, 0.25) is 0 Å².